The van der Waals surface area contributed by atoms with Crippen LogP contribution >= 0.6 is 10.7 Å². The highest BCUT2D eigenvalue weighted by Crippen LogP contribution is 2.21. The van der Waals surface area contributed by atoms with Crippen molar-refractivity contribution in [1.82, 2.24) is 5.32 Å². The fourth-order valence-electron chi connectivity index (χ4n) is 2.09. The van der Waals surface area contributed by atoms with Gasteiger partial charge >= 0.3 is 6.09 Å². The first kappa shape index (κ1) is 17.5. The number of halogens is 1. The largest absolute Gasteiger partial charge is 0.444 e. The zero-order valence-electron chi connectivity index (χ0n) is 12.0. The Morgan fingerprint density at radius 3 is 2.40 bits per heavy atom. The van der Waals surface area contributed by atoms with Crippen molar-refractivity contribution in [3.8, 4) is 0 Å². The van der Waals surface area contributed by atoms with Crippen LogP contribution in [0.15, 0.2) is 0 Å². The molecule has 1 rings (SSSR count). The summed E-state index contributed by atoms with van der Waals surface area (Å²) in [5.74, 6) is -0.289. The number of ether oxygens (including phenoxy) is 2. The van der Waals surface area contributed by atoms with Crippen LogP contribution in [0, 0.1) is 5.92 Å². The van der Waals surface area contributed by atoms with Gasteiger partial charge in [-0.2, -0.15) is 0 Å². The van der Waals surface area contributed by atoms with E-state index in [1.807, 2.05) is 0 Å². The Morgan fingerprint density at radius 2 is 1.95 bits per heavy atom. The Hall–Kier alpha value is -0.530. The Bertz CT molecular complexity index is 426. The lowest BCUT2D eigenvalue weighted by Gasteiger charge is -2.31. The van der Waals surface area contributed by atoms with Gasteiger partial charge in [0.05, 0.1) is 11.8 Å². The predicted octanol–water partition coefficient (Wildman–Crippen LogP) is 1.87. The van der Waals surface area contributed by atoms with E-state index in [-0.39, 0.29) is 11.7 Å². The van der Waals surface area contributed by atoms with Crippen LogP contribution < -0.4 is 5.32 Å². The van der Waals surface area contributed by atoms with Crippen molar-refractivity contribution in [2.24, 2.45) is 5.92 Å². The number of alkyl carbamates (subject to hydrolysis) is 1. The summed E-state index contributed by atoms with van der Waals surface area (Å²) in [5, 5.41) is 2.62. The fourth-order valence-corrected chi connectivity index (χ4v) is 3.28. The summed E-state index contributed by atoms with van der Waals surface area (Å²) in [4.78, 5) is 11.8. The molecule has 1 N–H and O–H groups in total. The molecule has 1 aliphatic heterocycles. The number of hydrogen-bond acceptors (Lipinski definition) is 5. The Balaban J connectivity index is 2.69. The van der Waals surface area contributed by atoms with Gasteiger partial charge in [0, 0.05) is 23.9 Å². The summed E-state index contributed by atoms with van der Waals surface area (Å²) in [6, 6.07) is -0.559. The summed E-state index contributed by atoms with van der Waals surface area (Å²) in [5.41, 5.74) is -0.635. The van der Waals surface area contributed by atoms with E-state index in [0.29, 0.717) is 26.1 Å². The molecule has 1 fully saturated rings. The second-order valence-corrected chi connectivity index (χ2v) is 8.73. The zero-order chi connectivity index (χ0) is 15.4. The molecule has 1 unspecified atom stereocenters. The molecule has 0 spiro atoms. The second-order valence-electron chi connectivity index (χ2n) is 5.91. The van der Waals surface area contributed by atoms with Gasteiger partial charge in [-0.1, -0.05) is 0 Å². The fraction of sp³-hybridized carbons (Fsp3) is 0.917. The first-order chi connectivity index (χ1) is 9.07. The lowest BCUT2D eigenvalue weighted by atomic mass is 9.93. The van der Waals surface area contributed by atoms with Crippen molar-refractivity contribution in [1.29, 1.82) is 0 Å². The van der Waals surface area contributed by atoms with Crippen LogP contribution in [0.5, 0.6) is 0 Å². The van der Waals surface area contributed by atoms with E-state index in [9.17, 15) is 13.2 Å². The molecule has 0 aromatic heterocycles. The van der Waals surface area contributed by atoms with E-state index in [1.165, 1.54) is 0 Å². The number of rotatable bonds is 4. The third kappa shape index (κ3) is 7.31. The van der Waals surface area contributed by atoms with Crippen LogP contribution in [0.1, 0.15) is 33.6 Å². The van der Waals surface area contributed by atoms with Crippen LogP contribution in [0.3, 0.4) is 0 Å². The molecule has 0 saturated carbocycles. The SMILES string of the molecule is CC(C)(C)OC(=O)NC(CS(=O)(=O)Cl)C1CCOCC1. The maximum atomic E-state index is 11.8. The first-order valence-corrected chi connectivity index (χ1v) is 9.04. The van der Waals surface area contributed by atoms with Gasteiger partial charge in [0.2, 0.25) is 9.05 Å². The van der Waals surface area contributed by atoms with Gasteiger partial charge in [0.1, 0.15) is 5.60 Å². The van der Waals surface area contributed by atoms with Crippen molar-refractivity contribution in [3.63, 3.8) is 0 Å². The van der Waals surface area contributed by atoms with Gasteiger partial charge in [0.15, 0.2) is 0 Å². The Kier molecular flexibility index (Phi) is 6.09. The molecule has 1 saturated heterocycles. The molecule has 0 aromatic rings. The molecule has 0 aliphatic carbocycles. The van der Waals surface area contributed by atoms with Gasteiger partial charge in [-0.3, -0.25) is 0 Å². The number of hydrogen-bond donors (Lipinski definition) is 1. The summed E-state index contributed by atoms with van der Waals surface area (Å²) in [6.07, 6.45) is 0.744. The average Bonchev–Trinajstić information content (AvgIpc) is 2.25. The third-order valence-corrected chi connectivity index (χ3v) is 4.05. The van der Waals surface area contributed by atoms with Gasteiger partial charge in [0.25, 0.3) is 0 Å². The third-order valence-electron chi connectivity index (χ3n) is 2.92. The quantitative estimate of drug-likeness (QED) is 0.797. The minimum Gasteiger partial charge on any atom is -0.444 e. The van der Waals surface area contributed by atoms with Crippen molar-refractivity contribution >= 4 is 25.8 Å². The van der Waals surface area contributed by atoms with E-state index in [2.05, 4.69) is 5.32 Å². The van der Waals surface area contributed by atoms with E-state index >= 15 is 0 Å². The lowest BCUT2D eigenvalue weighted by Crippen LogP contribution is -2.47. The average molecular weight is 328 g/mol. The minimum atomic E-state index is -3.70. The van der Waals surface area contributed by atoms with Crippen molar-refractivity contribution in [2.45, 2.75) is 45.3 Å². The predicted molar refractivity (Wildman–Crippen MR) is 76.3 cm³/mol. The highest BCUT2D eigenvalue weighted by Gasteiger charge is 2.30. The Labute approximate surface area is 124 Å². The molecular formula is C12H22ClNO5S. The summed E-state index contributed by atoms with van der Waals surface area (Å²) in [7, 11) is 1.61. The van der Waals surface area contributed by atoms with E-state index in [4.69, 9.17) is 20.2 Å². The normalized spacial score (nSPS) is 19.4. The molecule has 1 heterocycles. The molecule has 6 nitrogen and oxygen atoms in total. The van der Waals surface area contributed by atoms with Gasteiger partial charge < -0.3 is 14.8 Å². The zero-order valence-corrected chi connectivity index (χ0v) is 13.6. The molecule has 8 heteroatoms. The second kappa shape index (κ2) is 6.95. The van der Waals surface area contributed by atoms with Crippen molar-refractivity contribution in [3.05, 3.63) is 0 Å². The highest BCUT2D eigenvalue weighted by atomic mass is 35.7. The highest BCUT2D eigenvalue weighted by molar-refractivity contribution is 8.13. The number of carbonyl (C=O) groups excluding carboxylic acids is 1. The summed E-state index contributed by atoms with van der Waals surface area (Å²) < 4.78 is 33.0. The van der Waals surface area contributed by atoms with Gasteiger partial charge in [-0.15, -0.1) is 0 Å². The standard InChI is InChI=1S/C12H22ClNO5S/c1-12(2,3)19-11(15)14-10(8-20(13,16)17)9-4-6-18-7-5-9/h9-10H,4-8H2,1-3H3,(H,14,15). The maximum absolute atomic E-state index is 11.8. The topological polar surface area (TPSA) is 81.7 Å². The number of nitrogens with one attached hydrogen (secondary N) is 1. The van der Waals surface area contributed by atoms with E-state index in [0.717, 1.165) is 0 Å². The molecule has 1 amide bonds. The molecule has 0 bridgehead atoms. The molecule has 0 radical (unpaired) electrons. The van der Waals surface area contributed by atoms with Crippen LogP contribution in [-0.2, 0) is 18.5 Å². The Morgan fingerprint density at radius 1 is 1.40 bits per heavy atom. The molecule has 1 atom stereocenters. The van der Waals surface area contributed by atoms with Gasteiger partial charge in [-0.05, 0) is 39.5 Å². The first-order valence-electron chi connectivity index (χ1n) is 6.56. The van der Waals surface area contributed by atoms with Crippen LogP contribution in [0.25, 0.3) is 0 Å². The van der Waals surface area contributed by atoms with Gasteiger partial charge in [-0.25, -0.2) is 13.2 Å². The van der Waals surface area contributed by atoms with E-state index < -0.39 is 26.8 Å². The molecule has 20 heavy (non-hydrogen) atoms. The molecular weight excluding hydrogens is 306 g/mol. The lowest BCUT2D eigenvalue weighted by molar-refractivity contribution is 0.0373. The van der Waals surface area contributed by atoms with Crippen LogP contribution in [0.4, 0.5) is 4.79 Å². The number of carbonyl (C=O) groups is 1. The molecule has 118 valence electrons. The smallest absolute Gasteiger partial charge is 0.407 e. The minimum absolute atomic E-state index is 0.0183. The summed E-state index contributed by atoms with van der Waals surface area (Å²) >= 11 is 0. The van der Waals surface area contributed by atoms with Crippen LogP contribution in [0.2, 0.25) is 0 Å². The summed E-state index contributed by atoms with van der Waals surface area (Å²) in [6.45, 7) is 6.34. The van der Waals surface area contributed by atoms with Crippen molar-refractivity contribution in [2.75, 3.05) is 19.0 Å². The monoisotopic (exact) mass is 327 g/mol. The maximum Gasteiger partial charge on any atom is 0.407 e. The van der Waals surface area contributed by atoms with Crippen molar-refractivity contribution < 1.29 is 22.7 Å². The number of amides is 1. The molecule has 1 aliphatic rings. The van der Waals surface area contributed by atoms with E-state index in [1.54, 1.807) is 20.8 Å². The molecule has 0 aromatic carbocycles. The van der Waals surface area contributed by atoms with Crippen LogP contribution in [-0.4, -0.2) is 45.1 Å².